The molecule has 0 bridgehead atoms. The first kappa shape index (κ1) is 20.4. The summed E-state index contributed by atoms with van der Waals surface area (Å²) >= 11 is 0.791. The number of thiazole rings is 1. The number of nitriles is 1. The van der Waals surface area contributed by atoms with Gasteiger partial charge in [0.25, 0.3) is 5.91 Å². The molecular formula is C19H14FN3O4S2. The van der Waals surface area contributed by atoms with E-state index >= 15 is 0 Å². The number of aromatic nitrogens is 1. The third-order valence-electron chi connectivity index (χ3n) is 3.93. The van der Waals surface area contributed by atoms with Crippen LogP contribution in [-0.4, -0.2) is 30.7 Å². The number of rotatable bonds is 5. The van der Waals surface area contributed by atoms with Crippen molar-refractivity contribution < 1.29 is 22.7 Å². The van der Waals surface area contributed by atoms with Crippen LogP contribution in [0.15, 0.2) is 46.9 Å². The van der Waals surface area contributed by atoms with E-state index in [-0.39, 0.29) is 32.6 Å². The molecule has 0 unspecified atom stereocenters. The molecule has 1 heterocycles. The lowest BCUT2D eigenvalue weighted by Gasteiger charge is -2.09. The average molecular weight is 431 g/mol. The van der Waals surface area contributed by atoms with E-state index < -0.39 is 21.6 Å². The Morgan fingerprint density at radius 2 is 2.00 bits per heavy atom. The van der Waals surface area contributed by atoms with Crippen LogP contribution < -0.4 is 5.32 Å². The summed E-state index contributed by atoms with van der Waals surface area (Å²) in [6.07, 6.45) is 2.22. The van der Waals surface area contributed by atoms with Gasteiger partial charge in [0.1, 0.15) is 11.6 Å². The molecule has 0 aliphatic carbocycles. The number of carbonyl (C=O) groups excluding carboxylic acids is 1. The summed E-state index contributed by atoms with van der Waals surface area (Å²) in [6, 6.07) is 10.5. The number of aromatic hydroxyl groups is 1. The first-order valence-corrected chi connectivity index (χ1v) is 10.9. The van der Waals surface area contributed by atoms with Crippen LogP contribution in [0.3, 0.4) is 0 Å². The molecule has 1 aromatic heterocycles. The molecule has 3 rings (SSSR count). The Morgan fingerprint density at radius 3 is 2.59 bits per heavy atom. The van der Waals surface area contributed by atoms with E-state index in [0.29, 0.717) is 5.56 Å². The molecular weight excluding hydrogens is 417 g/mol. The van der Waals surface area contributed by atoms with Crippen molar-refractivity contribution in [2.45, 2.75) is 10.9 Å². The predicted octanol–water partition coefficient (Wildman–Crippen LogP) is 2.86. The molecule has 0 saturated carbocycles. The summed E-state index contributed by atoms with van der Waals surface area (Å²) in [5.74, 6) is -1.97. The van der Waals surface area contributed by atoms with E-state index in [2.05, 4.69) is 10.3 Å². The molecule has 148 valence electrons. The van der Waals surface area contributed by atoms with Crippen LogP contribution in [0.25, 0.3) is 10.4 Å². The van der Waals surface area contributed by atoms with Gasteiger partial charge in [-0.1, -0.05) is 12.1 Å². The monoisotopic (exact) mass is 431 g/mol. The van der Waals surface area contributed by atoms with E-state index in [1.54, 1.807) is 24.3 Å². The van der Waals surface area contributed by atoms with Gasteiger partial charge < -0.3 is 10.4 Å². The molecule has 0 radical (unpaired) electrons. The topological polar surface area (TPSA) is 120 Å². The molecule has 2 aromatic carbocycles. The van der Waals surface area contributed by atoms with Crippen LogP contribution in [-0.2, 0) is 16.4 Å². The highest BCUT2D eigenvalue weighted by molar-refractivity contribution is 7.92. The maximum atomic E-state index is 14.5. The lowest BCUT2D eigenvalue weighted by molar-refractivity contribution is 0.0946. The molecule has 0 aliphatic rings. The molecule has 29 heavy (non-hydrogen) atoms. The molecule has 10 heteroatoms. The normalized spacial score (nSPS) is 11.1. The molecule has 2 N–H and O–H groups in total. The Labute approximate surface area is 170 Å². The number of carbonyl (C=O) groups is 1. The van der Waals surface area contributed by atoms with Gasteiger partial charge in [-0.15, -0.1) is 11.3 Å². The minimum Gasteiger partial charge on any atom is -0.507 e. The zero-order valence-electron chi connectivity index (χ0n) is 15.0. The molecule has 1 amide bonds. The van der Waals surface area contributed by atoms with Gasteiger partial charge in [-0.3, -0.25) is 4.79 Å². The van der Waals surface area contributed by atoms with Crippen molar-refractivity contribution in [3.8, 4) is 22.3 Å². The summed E-state index contributed by atoms with van der Waals surface area (Å²) < 4.78 is 37.4. The fraction of sp³-hybridized carbons (Fsp3) is 0.105. The lowest BCUT2D eigenvalue weighted by Crippen LogP contribution is -2.23. The highest BCUT2D eigenvalue weighted by Gasteiger charge is 2.20. The van der Waals surface area contributed by atoms with E-state index in [1.807, 2.05) is 6.07 Å². The van der Waals surface area contributed by atoms with Crippen molar-refractivity contribution in [3.05, 3.63) is 65.1 Å². The smallest absolute Gasteiger partial charge is 0.254 e. The van der Waals surface area contributed by atoms with Crippen molar-refractivity contribution in [1.82, 2.24) is 10.3 Å². The zero-order chi connectivity index (χ0) is 21.2. The quantitative estimate of drug-likeness (QED) is 0.641. The largest absolute Gasteiger partial charge is 0.507 e. The Bertz CT molecular complexity index is 1230. The number of hydrogen-bond acceptors (Lipinski definition) is 7. The summed E-state index contributed by atoms with van der Waals surface area (Å²) in [6.45, 7) is 0.110. The van der Waals surface area contributed by atoms with Crippen LogP contribution in [0, 0.1) is 17.1 Å². The second-order valence-corrected chi connectivity index (χ2v) is 9.32. The SMILES string of the molecule is CS(=O)(=O)c1ncc(-c2cc(F)c(C(=O)NCc3ccc(C#N)cc3)cc2O)s1. The van der Waals surface area contributed by atoms with Gasteiger partial charge in [0.15, 0.2) is 0 Å². The highest BCUT2D eigenvalue weighted by atomic mass is 32.2. The standard InChI is InChI=1S/C19H14FN3O4S2/c1-29(26,27)19-23-10-17(28-19)14-6-15(20)13(7-16(14)24)18(25)22-9-12-4-2-11(8-21)3-5-12/h2-7,10,24H,9H2,1H3,(H,22,25). The number of nitrogens with one attached hydrogen (secondary N) is 1. The average Bonchev–Trinajstić information content (AvgIpc) is 3.18. The maximum Gasteiger partial charge on any atom is 0.254 e. The van der Waals surface area contributed by atoms with E-state index in [9.17, 15) is 22.7 Å². The second kappa shape index (κ2) is 7.98. The lowest BCUT2D eigenvalue weighted by atomic mass is 10.1. The zero-order valence-corrected chi connectivity index (χ0v) is 16.6. The highest BCUT2D eigenvalue weighted by Crippen LogP contribution is 2.36. The minimum absolute atomic E-state index is 0.0403. The molecule has 0 atom stereocenters. The summed E-state index contributed by atoms with van der Waals surface area (Å²) in [7, 11) is -3.52. The maximum absolute atomic E-state index is 14.5. The number of sulfone groups is 1. The van der Waals surface area contributed by atoms with Gasteiger partial charge in [0.05, 0.1) is 22.1 Å². The van der Waals surface area contributed by atoms with E-state index in [1.165, 1.54) is 6.20 Å². The summed E-state index contributed by atoms with van der Waals surface area (Å²) in [5.41, 5.74) is 0.886. The van der Waals surface area contributed by atoms with Crippen LogP contribution in [0.2, 0.25) is 0 Å². The number of phenolic OH excluding ortho intramolecular Hbond substituents is 1. The Balaban J connectivity index is 1.80. The fourth-order valence-electron chi connectivity index (χ4n) is 2.46. The van der Waals surface area contributed by atoms with Gasteiger partial charge in [-0.05, 0) is 29.8 Å². The number of amides is 1. The van der Waals surface area contributed by atoms with Gasteiger partial charge in [-0.2, -0.15) is 5.26 Å². The summed E-state index contributed by atoms with van der Waals surface area (Å²) in [5, 5.41) is 21.5. The number of hydrogen-bond donors (Lipinski definition) is 2. The Kier molecular flexibility index (Phi) is 5.63. The van der Waals surface area contributed by atoms with Crippen LogP contribution >= 0.6 is 11.3 Å². The first-order valence-electron chi connectivity index (χ1n) is 8.15. The Hall–Kier alpha value is -3.29. The molecule has 0 fully saturated rings. The van der Waals surface area contributed by atoms with E-state index in [0.717, 1.165) is 35.3 Å². The van der Waals surface area contributed by atoms with Crippen molar-refractivity contribution in [3.63, 3.8) is 0 Å². The molecule has 7 nitrogen and oxygen atoms in total. The number of benzene rings is 2. The van der Waals surface area contributed by atoms with Gasteiger partial charge in [-0.25, -0.2) is 17.8 Å². The molecule has 0 aliphatic heterocycles. The van der Waals surface area contributed by atoms with E-state index in [4.69, 9.17) is 5.26 Å². The van der Waals surface area contributed by atoms with Crippen LogP contribution in [0.5, 0.6) is 5.75 Å². The fourth-order valence-corrected chi connectivity index (χ4v) is 4.25. The molecule has 0 saturated heterocycles. The Morgan fingerprint density at radius 1 is 1.31 bits per heavy atom. The number of phenols is 1. The molecule has 0 spiro atoms. The first-order chi connectivity index (χ1) is 13.7. The van der Waals surface area contributed by atoms with Gasteiger partial charge >= 0.3 is 0 Å². The third kappa shape index (κ3) is 4.59. The van der Waals surface area contributed by atoms with Crippen LogP contribution in [0.1, 0.15) is 21.5 Å². The number of nitrogens with zero attached hydrogens (tertiary/aromatic N) is 2. The van der Waals surface area contributed by atoms with Crippen molar-refractivity contribution in [2.75, 3.05) is 6.26 Å². The third-order valence-corrected chi connectivity index (χ3v) is 6.66. The van der Waals surface area contributed by atoms with Crippen molar-refractivity contribution in [1.29, 1.82) is 5.26 Å². The van der Waals surface area contributed by atoms with Gasteiger partial charge in [0.2, 0.25) is 14.2 Å². The molecule has 3 aromatic rings. The van der Waals surface area contributed by atoms with Crippen LogP contribution in [0.4, 0.5) is 4.39 Å². The van der Waals surface area contributed by atoms with Crippen molar-refractivity contribution >= 4 is 27.1 Å². The van der Waals surface area contributed by atoms with Crippen molar-refractivity contribution in [2.24, 2.45) is 0 Å². The number of halogens is 1. The minimum atomic E-state index is -3.52. The van der Waals surface area contributed by atoms with Gasteiger partial charge in [0, 0.05) is 24.6 Å². The second-order valence-electron chi connectivity index (χ2n) is 6.10. The summed E-state index contributed by atoms with van der Waals surface area (Å²) in [4.78, 5) is 16.3. The predicted molar refractivity (Wildman–Crippen MR) is 105 cm³/mol.